The van der Waals surface area contributed by atoms with E-state index in [1.54, 1.807) is 12.1 Å². The monoisotopic (exact) mass is 355 g/mol. The topological polar surface area (TPSA) is 43.1 Å². The molecule has 2 N–H and O–H groups in total. The maximum Gasteiger partial charge on any atom is 0.248 e. The molecule has 0 aromatic heterocycles. The van der Waals surface area contributed by atoms with E-state index in [4.69, 9.17) is 5.73 Å². The van der Waals surface area contributed by atoms with E-state index in [2.05, 4.69) is 52.8 Å². The van der Waals surface area contributed by atoms with E-state index >= 15 is 0 Å². The Morgan fingerprint density at radius 2 is 1.23 bits per heavy atom. The third-order valence-electron chi connectivity index (χ3n) is 4.21. The number of nitrogens with two attached hydrogens (primary N) is 1. The molecule has 2 rings (SSSR count). The van der Waals surface area contributed by atoms with Crippen molar-refractivity contribution in [3.05, 3.63) is 70.3 Å². The largest absolute Gasteiger partial charge is 0.366 e. The van der Waals surface area contributed by atoms with Crippen molar-refractivity contribution in [1.82, 2.24) is 0 Å². The molecule has 0 aliphatic rings. The lowest BCUT2D eigenvalue weighted by molar-refractivity contribution is 0.100. The number of aryl methyl sites for hydroxylation is 4. The van der Waals surface area contributed by atoms with Gasteiger partial charge in [0.2, 0.25) is 5.91 Å². The van der Waals surface area contributed by atoms with Gasteiger partial charge in [-0.25, -0.2) is 0 Å². The molecule has 0 atom stereocenters. The van der Waals surface area contributed by atoms with Gasteiger partial charge in [-0.3, -0.25) is 4.79 Å². The van der Waals surface area contributed by atoms with Gasteiger partial charge < -0.3 is 5.73 Å². The highest BCUT2D eigenvalue weighted by molar-refractivity contribution is 5.92. The molecule has 0 saturated heterocycles. The van der Waals surface area contributed by atoms with Gasteiger partial charge in [0.15, 0.2) is 0 Å². The zero-order valence-corrected chi connectivity index (χ0v) is 17.6. The predicted octanol–water partition coefficient (Wildman–Crippen LogP) is 6.68. The van der Waals surface area contributed by atoms with Crippen LogP contribution in [-0.2, 0) is 0 Å². The molecule has 2 heteroatoms. The number of amides is 1. The Balaban J connectivity index is 0.000000368. The highest BCUT2D eigenvalue weighted by Crippen LogP contribution is 2.07. The predicted molar refractivity (Wildman–Crippen MR) is 115 cm³/mol. The molecule has 2 nitrogen and oxygen atoms in total. The van der Waals surface area contributed by atoms with Crippen molar-refractivity contribution in [2.24, 2.45) is 5.73 Å². The maximum absolute atomic E-state index is 10.5. The minimum atomic E-state index is -0.375. The van der Waals surface area contributed by atoms with Crippen molar-refractivity contribution in [2.75, 3.05) is 0 Å². The Morgan fingerprint density at radius 3 is 1.62 bits per heavy atom. The average Bonchev–Trinajstić information content (AvgIpc) is 2.60. The van der Waals surface area contributed by atoms with E-state index < -0.39 is 0 Å². The van der Waals surface area contributed by atoms with Crippen molar-refractivity contribution in [2.45, 2.75) is 73.6 Å². The lowest BCUT2D eigenvalue weighted by atomic mass is 10.1. The van der Waals surface area contributed by atoms with Gasteiger partial charge in [-0.15, -0.1) is 0 Å². The summed E-state index contributed by atoms with van der Waals surface area (Å²) in [5.41, 5.74) is 10.8. The Bertz CT molecular complexity index is 625. The summed E-state index contributed by atoms with van der Waals surface area (Å²) in [6.07, 6.45) is 7.01. The van der Waals surface area contributed by atoms with Crippen LogP contribution in [0, 0.1) is 27.7 Å². The molecule has 0 saturated carbocycles. The number of hydrogen-bond acceptors (Lipinski definition) is 1. The molecule has 0 aliphatic carbocycles. The minimum Gasteiger partial charge on any atom is -0.366 e. The fourth-order valence-corrected chi connectivity index (χ4v) is 2.29. The molecule has 0 unspecified atom stereocenters. The van der Waals surface area contributed by atoms with Crippen LogP contribution in [0.4, 0.5) is 0 Å². The van der Waals surface area contributed by atoms with E-state index in [0.29, 0.717) is 5.56 Å². The Hall–Kier alpha value is -2.09. The summed E-state index contributed by atoms with van der Waals surface area (Å²) in [5, 5.41) is 0. The molecule has 2 aromatic rings. The van der Waals surface area contributed by atoms with Crippen molar-refractivity contribution >= 4 is 5.91 Å². The first-order valence-electron chi connectivity index (χ1n) is 9.72. The Morgan fingerprint density at radius 1 is 0.731 bits per heavy atom. The van der Waals surface area contributed by atoms with Gasteiger partial charge in [0.1, 0.15) is 0 Å². The van der Waals surface area contributed by atoms with E-state index in [0.717, 1.165) is 5.56 Å². The van der Waals surface area contributed by atoms with Crippen LogP contribution in [0.15, 0.2) is 42.5 Å². The lowest BCUT2D eigenvalue weighted by Gasteiger charge is -1.98. The normalized spacial score (nSPS) is 9.46. The lowest BCUT2D eigenvalue weighted by Crippen LogP contribution is -2.10. The smallest absolute Gasteiger partial charge is 0.248 e. The third kappa shape index (κ3) is 11.5. The van der Waals surface area contributed by atoms with E-state index in [1.807, 2.05) is 19.1 Å². The van der Waals surface area contributed by atoms with Gasteiger partial charge in [-0.05, 0) is 51.0 Å². The van der Waals surface area contributed by atoms with Gasteiger partial charge in [0.05, 0.1) is 0 Å². The van der Waals surface area contributed by atoms with Gasteiger partial charge in [0, 0.05) is 5.56 Å². The molecular weight excluding hydrogens is 318 g/mol. The first kappa shape index (κ1) is 23.9. The molecule has 0 fully saturated rings. The van der Waals surface area contributed by atoms with Crippen LogP contribution in [-0.4, -0.2) is 5.91 Å². The number of carbonyl (C=O) groups is 1. The minimum absolute atomic E-state index is 0.375. The number of rotatable bonds is 5. The number of benzene rings is 2. The summed E-state index contributed by atoms with van der Waals surface area (Å²) >= 11 is 0. The molecule has 0 heterocycles. The Kier molecular flexibility index (Phi) is 13.0. The molecular formula is C24H37NO. The first-order valence-corrected chi connectivity index (χ1v) is 9.72. The number of hydrogen-bond donors (Lipinski definition) is 1. The first-order chi connectivity index (χ1) is 12.3. The number of unbranched alkanes of at least 4 members (excludes halogenated alkanes) is 4. The standard InChI is InChI=1S/C9H12.C8H9NO.C7H16/c1-7-4-5-8(2)9(3)6-7;1-6-2-4-7(5-3-6)8(9)10;1-3-5-7-6-4-2/h4-6H,1-3H3;2-5H,1H3,(H2,9,10);3-7H2,1-2H3. The summed E-state index contributed by atoms with van der Waals surface area (Å²) < 4.78 is 0. The Labute approximate surface area is 160 Å². The summed E-state index contributed by atoms with van der Waals surface area (Å²) in [6, 6.07) is 13.7. The van der Waals surface area contributed by atoms with Crippen LogP contribution >= 0.6 is 0 Å². The molecule has 1 amide bonds. The summed E-state index contributed by atoms with van der Waals surface area (Å²) in [6.45, 7) is 12.8. The summed E-state index contributed by atoms with van der Waals surface area (Å²) in [4.78, 5) is 10.5. The van der Waals surface area contributed by atoms with E-state index in [1.165, 1.54) is 48.8 Å². The van der Waals surface area contributed by atoms with Crippen molar-refractivity contribution in [3.63, 3.8) is 0 Å². The van der Waals surface area contributed by atoms with Gasteiger partial charge in [-0.2, -0.15) is 0 Å². The molecule has 144 valence electrons. The number of primary amides is 1. The van der Waals surface area contributed by atoms with Crippen molar-refractivity contribution in [3.8, 4) is 0 Å². The third-order valence-corrected chi connectivity index (χ3v) is 4.21. The van der Waals surface area contributed by atoms with Gasteiger partial charge in [0.25, 0.3) is 0 Å². The molecule has 26 heavy (non-hydrogen) atoms. The SMILES string of the molecule is CCCCCCC.Cc1ccc(C(N)=O)cc1.Cc1ccc(C)c(C)c1. The molecule has 0 aliphatic heterocycles. The maximum atomic E-state index is 10.5. The average molecular weight is 356 g/mol. The van der Waals surface area contributed by atoms with Crippen LogP contribution in [0.3, 0.4) is 0 Å². The zero-order chi connectivity index (χ0) is 19.9. The van der Waals surface area contributed by atoms with Crippen LogP contribution in [0.1, 0.15) is 78.6 Å². The van der Waals surface area contributed by atoms with Crippen LogP contribution in [0.2, 0.25) is 0 Å². The van der Waals surface area contributed by atoms with Crippen LogP contribution in [0.5, 0.6) is 0 Å². The second-order valence-electron chi connectivity index (χ2n) is 6.88. The second-order valence-corrected chi connectivity index (χ2v) is 6.88. The highest BCUT2D eigenvalue weighted by Gasteiger charge is 1.96. The van der Waals surface area contributed by atoms with Crippen molar-refractivity contribution in [1.29, 1.82) is 0 Å². The fourth-order valence-electron chi connectivity index (χ4n) is 2.29. The van der Waals surface area contributed by atoms with Crippen LogP contribution in [0.25, 0.3) is 0 Å². The molecule has 0 bridgehead atoms. The van der Waals surface area contributed by atoms with Crippen molar-refractivity contribution < 1.29 is 4.79 Å². The second kappa shape index (κ2) is 14.1. The van der Waals surface area contributed by atoms with Crippen LogP contribution < -0.4 is 5.73 Å². The quantitative estimate of drug-likeness (QED) is 0.597. The molecule has 2 aromatic carbocycles. The zero-order valence-electron chi connectivity index (χ0n) is 17.6. The van der Waals surface area contributed by atoms with E-state index in [9.17, 15) is 4.79 Å². The van der Waals surface area contributed by atoms with E-state index in [-0.39, 0.29) is 5.91 Å². The fraction of sp³-hybridized carbons (Fsp3) is 0.458. The highest BCUT2D eigenvalue weighted by atomic mass is 16.1. The summed E-state index contributed by atoms with van der Waals surface area (Å²) in [7, 11) is 0. The van der Waals surface area contributed by atoms with Gasteiger partial charge >= 0.3 is 0 Å². The van der Waals surface area contributed by atoms with Gasteiger partial charge in [-0.1, -0.05) is 87.4 Å². The number of carbonyl (C=O) groups excluding carboxylic acids is 1. The molecule has 0 radical (unpaired) electrons. The molecule has 0 spiro atoms. The summed E-state index contributed by atoms with van der Waals surface area (Å²) in [5.74, 6) is -0.375.